The van der Waals surface area contributed by atoms with Crippen LogP contribution in [0.3, 0.4) is 0 Å². The molecule has 1 fully saturated rings. The van der Waals surface area contributed by atoms with Gasteiger partial charge in [-0.3, -0.25) is 9.59 Å². The molecule has 98 valence electrons. The van der Waals surface area contributed by atoms with E-state index in [2.05, 4.69) is 0 Å². The fourth-order valence-corrected chi connectivity index (χ4v) is 2.15. The van der Waals surface area contributed by atoms with Crippen LogP contribution in [0.15, 0.2) is 0 Å². The Kier molecular flexibility index (Phi) is 5.35. The maximum atomic E-state index is 11.7. The highest BCUT2D eigenvalue weighted by Crippen LogP contribution is 2.30. The van der Waals surface area contributed by atoms with Crippen molar-refractivity contribution in [2.75, 3.05) is 19.7 Å². The SMILES string of the molecule is CCOC(=O)[C@@H]1CCCN(C(=O)C(Cl)(Cl)Cl)C1. The van der Waals surface area contributed by atoms with Crippen LogP contribution >= 0.6 is 34.8 Å². The smallest absolute Gasteiger partial charge is 0.310 e. The molecule has 0 N–H and O–H groups in total. The van der Waals surface area contributed by atoms with Crippen molar-refractivity contribution in [3.05, 3.63) is 0 Å². The van der Waals surface area contributed by atoms with E-state index in [0.29, 0.717) is 26.0 Å². The number of carbonyl (C=O) groups excluding carboxylic acids is 2. The topological polar surface area (TPSA) is 46.6 Å². The molecule has 0 bridgehead atoms. The molecule has 0 aromatic carbocycles. The van der Waals surface area contributed by atoms with Crippen molar-refractivity contribution in [3.63, 3.8) is 0 Å². The van der Waals surface area contributed by atoms with Crippen LogP contribution in [0.4, 0.5) is 0 Å². The third-order valence-electron chi connectivity index (χ3n) is 2.57. The molecule has 1 heterocycles. The molecule has 1 aliphatic rings. The minimum Gasteiger partial charge on any atom is -0.466 e. The van der Waals surface area contributed by atoms with Crippen molar-refractivity contribution in [3.8, 4) is 0 Å². The predicted octanol–water partition coefficient (Wildman–Crippen LogP) is 2.16. The lowest BCUT2D eigenvalue weighted by Gasteiger charge is -2.33. The molecule has 1 atom stereocenters. The van der Waals surface area contributed by atoms with Crippen LogP contribution in [0.1, 0.15) is 19.8 Å². The summed E-state index contributed by atoms with van der Waals surface area (Å²) in [5.41, 5.74) is 0. The molecule has 0 aromatic heterocycles. The number of amides is 1. The number of halogens is 3. The van der Waals surface area contributed by atoms with Gasteiger partial charge in [0.2, 0.25) is 0 Å². The van der Waals surface area contributed by atoms with Crippen LogP contribution in [-0.4, -0.2) is 40.3 Å². The average Bonchev–Trinajstić information content (AvgIpc) is 2.27. The Morgan fingerprint density at radius 2 is 2.06 bits per heavy atom. The summed E-state index contributed by atoms with van der Waals surface area (Å²) in [6.45, 7) is 2.83. The molecule has 0 radical (unpaired) electrons. The van der Waals surface area contributed by atoms with Crippen molar-refractivity contribution in [2.45, 2.75) is 23.6 Å². The molecule has 7 heteroatoms. The molecule has 4 nitrogen and oxygen atoms in total. The van der Waals surface area contributed by atoms with E-state index < -0.39 is 9.70 Å². The fraction of sp³-hybridized carbons (Fsp3) is 0.800. The first-order valence-corrected chi connectivity index (χ1v) is 6.52. The maximum Gasteiger partial charge on any atom is 0.310 e. The van der Waals surface area contributed by atoms with Crippen LogP contribution in [0.25, 0.3) is 0 Å². The number of alkyl halides is 3. The summed E-state index contributed by atoms with van der Waals surface area (Å²) in [6, 6.07) is 0. The van der Waals surface area contributed by atoms with Gasteiger partial charge in [-0.15, -0.1) is 0 Å². The van der Waals surface area contributed by atoms with Crippen molar-refractivity contribution in [1.82, 2.24) is 4.90 Å². The van der Waals surface area contributed by atoms with Crippen molar-refractivity contribution in [2.24, 2.45) is 5.92 Å². The zero-order valence-electron chi connectivity index (χ0n) is 9.42. The van der Waals surface area contributed by atoms with E-state index in [-0.39, 0.29) is 18.4 Å². The molecule has 1 amide bonds. The van der Waals surface area contributed by atoms with Crippen LogP contribution in [0.2, 0.25) is 0 Å². The van der Waals surface area contributed by atoms with E-state index in [9.17, 15) is 9.59 Å². The first-order valence-electron chi connectivity index (χ1n) is 5.39. The number of piperidine rings is 1. The Morgan fingerprint density at radius 1 is 1.41 bits per heavy atom. The largest absolute Gasteiger partial charge is 0.466 e. The quantitative estimate of drug-likeness (QED) is 0.580. The maximum absolute atomic E-state index is 11.7. The highest BCUT2D eigenvalue weighted by molar-refractivity contribution is 6.76. The number of carbonyl (C=O) groups is 2. The second-order valence-corrected chi connectivity index (χ2v) is 6.12. The Morgan fingerprint density at radius 3 is 2.59 bits per heavy atom. The van der Waals surface area contributed by atoms with Crippen molar-refractivity contribution < 1.29 is 14.3 Å². The van der Waals surface area contributed by atoms with Gasteiger partial charge >= 0.3 is 5.97 Å². The van der Waals surface area contributed by atoms with Crippen LogP contribution < -0.4 is 0 Å². The number of rotatable bonds is 2. The molecule has 1 rings (SSSR count). The van der Waals surface area contributed by atoms with Gasteiger partial charge in [0, 0.05) is 13.1 Å². The highest BCUT2D eigenvalue weighted by Gasteiger charge is 2.38. The van der Waals surface area contributed by atoms with E-state index in [1.165, 1.54) is 4.90 Å². The summed E-state index contributed by atoms with van der Waals surface area (Å²) >= 11 is 16.6. The summed E-state index contributed by atoms with van der Waals surface area (Å²) in [6.07, 6.45) is 1.40. The van der Waals surface area contributed by atoms with Gasteiger partial charge in [0.05, 0.1) is 12.5 Å². The number of nitrogens with zero attached hydrogens (tertiary/aromatic N) is 1. The van der Waals surface area contributed by atoms with Gasteiger partial charge in [-0.1, -0.05) is 34.8 Å². The molecule has 17 heavy (non-hydrogen) atoms. The van der Waals surface area contributed by atoms with Gasteiger partial charge < -0.3 is 9.64 Å². The minimum absolute atomic E-state index is 0.256. The summed E-state index contributed by atoms with van der Waals surface area (Å²) < 4.78 is 2.96. The van der Waals surface area contributed by atoms with Gasteiger partial charge in [0.15, 0.2) is 0 Å². The molecular weight excluding hydrogens is 288 g/mol. The number of ether oxygens (including phenoxy) is 1. The van der Waals surface area contributed by atoms with E-state index >= 15 is 0 Å². The predicted molar refractivity (Wildman–Crippen MR) is 66.2 cm³/mol. The average molecular weight is 303 g/mol. The van der Waals surface area contributed by atoms with Crippen LogP contribution in [0, 0.1) is 5.92 Å². The lowest BCUT2D eigenvalue weighted by molar-refractivity contribution is -0.151. The summed E-state index contributed by atoms with van der Waals surface area (Å²) in [5, 5.41) is 0. The molecule has 0 aromatic rings. The van der Waals surface area contributed by atoms with Gasteiger partial charge in [-0.25, -0.2) is 0 Å². The van der Waals surface area contributed by atoms with Gasteiger partial charge in [-0.2, -0.15) is 0 Å². The summed E-state index contributed by atoms with van der Waals surface area (Å²) in [5.74, 6) is -1.20. The highest BCUT2D eigenvalue weighted by atomic mass is 35.6. The molecular formula is C10H14Cl3NO3. The van der Waals surface area contributed by atoms with Crippen molar-refractivity contribution in [1.29, 1.82) is 0 Å². The molecule has 0 aliphatic carbocycles. The number of hydrogen-bond acceptors (Lipinski definition) is 3. The minimum atomic E-state index is -1.96. The van der Waals surface area contributed by atoms with E-state index in [4.69, 9.17) is 39.5 Å². The first kappa shape index (κ1) is 14.9. The van der Waals surface area contributed by atoms with E-state index in [0.717, 1.165) is 0 Å². The second-order valence-electron chi connectivity index (χ2n) is 3.84. The molecule has 1 saturated heterocycles. The van der Waals surface area contributed by atoms with Crippen molar-refractivity contribution >= 4 is 46.7 Å². The monoisotopic (exact) mass is 301 g/mol. The molecule has 0 unspecified atom stereocenters. The lowest BCUT2D eigenvalue weighted by Crippen LogP contribution is -2.47. The summed E-state index contributed by atoms with van der Waals surface area (Å²) in [7, 11) is 0. The summed E-state index contributed by atoms with van der Waals surface area (Å²) in [4.78, 5) is 24.7. The van der Waals surface area contributed by atoms with Gasteiger partial charge in [0.1, 0.15) is 0 Å². The van der Waals surface area contributed by atoms with E-state index in [1.807, 2.05) is 0 Å². The molecule has 0 saturated carbocycles. The number of hydrogen-bond donors (Lipinski definition) is 0. The fourth-order valence-electron chi connectivity index (χ4n) is 1.79. The Bertz CT molecular complexity index is 304. The second kappa shape index (κ2) is 6.12. The molecule has 1 aliphatic heterocycles. The first-order chi connectivity index (χ1) is 7.86. The third-order valence-corrected chi connectivity index (χ3v) is 3.06. The van der Waals surface area contributed by atoms with E-state index in [1.54, 1.807) is 6.92 Å². The zero-order valence-corrected chi connectivity index (χ0v) is 11.7. The van der Waals surface area contributed by atoms with Gasteiger partial charge in [-0.05, 0) is 19.8 Å². The van der Waals surface area contributed by atoms with Crippen LogP contribution in [0.5, 0.6) is 0 Å². The number of likely N-dealkylation sites (tertiary alicyclic amines) is 1. The Hall–Kier alpha value is -0.190. The van der Waals surface area contributed by atoms with Gasteiger partial charge in [0.25, 0.3) is 9.70 Å². The standard InChI is InChI=1S/C10H14Cl3NO3/c1-2-17-8(15)7-4-3-5-14(6-7)9(16)10(11,12)13/h7H,2-6H2,1H3/t7-/m1/s1. The Balaban J connectivity index is 2.61. The molecule has 0 spiro atoms. The normalized spacial score (nSPS) is 21.2. The zero-order chi connectivity index (χ0) is 13.1. The number of esters is 1. The third kappa shape index (κ3) is 4.19. The lowest BCUT2D eigenvalue weighted by atomic mass is 9.98. The Labute approximate surface area is 115 Å². The van der Waals surface area contributed by atoms with Crippen LogP contribution in [-0.2, 0) is 14.3 Å².